The maximum atomic E-state index is 12.8. The number of likely N-dealkylation sites (N-methyl/N-ethyl adjacent to an activating group) is 2. The molecule has 0 aliphatic carbocycles. The van der Waals surface area contributed by atoms with Crippen LogP contribution in [0, 0.1) is 0 Å². The molecule has 0 radical (unpaired) electrons. The first-order valence-corrected chi connectivity index (χ1v) is 10.3. The van der Waals surface area contributed by atoms with Crippen LogP contribution in [0.1, 0.15) is 20.8 Å². The Morgan fingerprint density at radius 1 is 0.964 bits per heavy atom. The molecule has 0 saturated heterocycles. The summed E-state index contributed by atoms with van der Waals surface area (Å²) in [6, 6.07) is 12.3. The SMILES string of the molecule is CN(CC(=O)NC(C)(C)C)C(=O)CN(C)S(=O)(=O)c1ccc2ccccc2c1. The molecule has 0 unspecified atom stereocenters. The van der Waals surface area contributed by atoms with E-state index in [1.165, 1.54) is 25.1 Å². The summed E-state index contributed by atoms with van der Waals surface area (Å²) in [6.45, 7) is 5.04. The lowest BCUT2D eigenvalue weighted by Gasteiger charge is -2.24. The molecule has 28 heavy (non-hydrogen) atoms. The number of carbonyl (C=O) groups is 2. The van der Waals surface area contributed by atoms with Crippen molar-refractivity contribution in [3.63, 3.8) is 0 Å². The number of hydrogen-bond donors (Lipinski definition) is 1. The van der Waals surface area contributed by atoms with Gasteiger partial charge < -0.3 is 10.2 Å². The largest absolute Gasteiger partial charge is 0.350 e. The number of fused-ring (bicyclic) bond motifs is 1. The van der Waals surface area contributed by atoms with Gasteiger partial charge in [-0.1, -0.05) is 30.3 Å². The van der Waals surface area contributed by atoms with Crippen molar-refractivity contribution < 1.29 is 18.0 Å². The lowest BCUT2D eigenvalue weighted by atomic mass is 10.1. The molecule has 2 rings (SSSR count). The Balaban J connectivity index is 2.08. The van der Waals surface area contributed by atoms with E-state index in [1.807, 2.05) is 45.0 Å². The highest BCUT2D eigenvalue weighted by Crippen LogP contribution is 2.21. The zero-order valence-corrected chi connectivity index (χ0v) is 17.7. The van der Waals surface area contributed by atoms with Crippen LogP contribution in [-0.2, 0) is 19.6 Å². The van der Waals surface area contributed by atoms with E-state index in [-0.39, 0.29) is 23.9 Å². The number of amides is 2. The van der Waals surface area contributed by atoms with Gasteiger partial charge in [-0.05, 0) is 43.7 Å². The number of nitrogens with one attached hydrogen (secondary N) is 1. The summed E-state index contributed by atoms with van der Waals surface area (Å²) >= 11 is 0. The van der Waals surface area contributed by atoms with Crippen LogP contribution in [-0.4, -0.2) is 62.2 Å². The Hall–Kier alpha value is -2.45. The molecular formula is C20H27N3O4S. The second-order valence-electron chi connectivity index (χ2n) is 7.82. The first kappa shape index (κ1) is 21.8. The zero-order chi connectivity index (χ0) is 21.1. The Bertz CT molecular complexity index is 980. The third-order valence-electron chi connectivity index (χ3n) is 4.11. The van der Waals surface area contributed by atoms with Gasteiger partial charge in [-0.3, -0.25) is 9.59 Å². The maximum Gasteiger partial charge on any atom is 0.243 e. The second-order valence-corrected chi connectivity index (χ2v) is 9.86. The highest BCUT2D eigenvalue weighted by atomic mass is 32.2. The summed E-state index contributed by atoms with van der Waals surface area (Å²) in [5.41, 5.74) is -0.406. The molecule has 0 saturated carbocycles. The Labute approximate surface area is 166 Å². The summed E-state index contributed by atoms with van der Waals surface area (Å²) in [5, 5.41) is 4.51. The molecule has 0 fully saturated rings. The summed E-state index contributed by atoms with van der Waals surface area (Å²) in [4.78, 5) is 25.7. The van der Waals surface area contributed by atoms with Gasteiger partial charge >= 0.3 is 0 Å². The Morgan fingerprint density at radius 3 is 2.18 bits per heavy atom. The first-order valence-electron chi connectivity index (χ1n) is 8.90. The molecule has 152 valence electrons. The maximum absolute atomic E-state index is 12.8. The summed E-state index contributed by atoms with van der Waals surface area (Å²) in [5.74, 6) is -0.765. The molecule has 8 heteroatoms. The van der Waals surface area contributed by atoms with Gasteiger partial charge in [-0.2, -0.15) is 4.31 Å². The zero-order valence-electron chi connectivity index (χ0n) is 16.9. The van der Waals surface area contributed by atoms with Crippen LogP contribution < -0.4 is 5.32 Å². The topological polar surface area (TPSA) is 86.8 Å². The van der Waals surface area contributed by atoms with Crippen molar-refractivity contribution in [1.29, 1.82) is 0 Å². The third-order valence-corrected chi connectivity index (χ3v) is 5.91. The molecule has 0 aliphatic heterocycles. The van der Waals surface area contributed by atoms with Crippen LogP contribution in [0.25, 0.3) is 10.8 Å². The minimum absolute atomic E-state index is 0.120. The molecule has 0 spiro atoms. The number of carbonyl (C=O) groups excluding carboxylic acids is 2. The van der Waals surface area contributed by atoms with Crippen LogP contribution in [0.15, 0.2) is 47.4 Å². The van der Waals surface area contributed by atoms with Gasteiger partial charge in [-0.25, -0.2) is 8.42 Å². The fourth-order valence-electron chi connectivity index (χ4n) is 2.67. The molecule has 2 aromatic carbocycles. The van der Waals surface area contributed by atoms with Gasteiger partial charge in [0.05, 0.1) is 18.0 Å². The molecule has 0 aromatic heterocycles. The quantitative estimate of drug-likeness (QED) is 0.794. The molecule has 2 aromatic rings. The standard InChI is InChI=1S/C20H27N3O4S/c1-20(2,3)21-18(24)13-22(4)19(25)14-23(5)28(26,27)17-11-10-15-8-6-7-9-16(15)12-17/h6-12H,13-14H2,1-5H3,(H,21,24). The minimum atomic E-state index is -3.83. The van der Waals surface area contributed by atoms with Gasteiger partial charge in [0, 0.05) is 19.6 Å². The smallest absolute Gasteiger partial charge is 0.243 e. The number of benzene rings is 2. The number of nitrogens with zero attached hydrogens (tertiary/aromatic N) is 2. The number of sulfonamides is 1. The lowest BCUT2D eigenvalue weighted by molar-refractivity contribution is -0.135. The second kappa shape index (κ2) is 8.28. The van der Waals surface area contributed by atoms with Crippen molar-refractivity contribution in [2.45, 2.75) is 31.2 Å². The van der Waals surface area contributed by atoms with E-state index in [1.54, 1.807) is 12.1 Å². The Kier molecular flexibility index (Phi) is 6.46. The summed E-state index contributed by atoms with van der Waals surface area (Å²) in [6.07, 6.45) is 0. The average molecular weight is 406 g/mol. The predicted molar refractivity (Wildman–Crippen MR) is 109 cm³/mol. The van der Waals surface area contributed by atoms with Crippen molar-refractivity contribution in [3.8, 4) is 0 Å². The van der Waals surface area contributed by atoms with Crippen molar-refractivity contribution in [2.75, 3.05) is 27.2 Å². The molecular weight excluding hydrogens is 378 g/mol. The van der Waals surface area contributed by atoms with E-state index >= 15 is 0 Å². The molecule has 0 atom stereocenters. The van der Waals surface area contributed by atoms with E-state index in [0.29, 0.717) is 0 Å². The van der Waals surface area contributed by atoms with Gasteiger partial charge in [0.1, 0.15) is 0 Å². The highest BCUT2D eigenvalue weighted by Gasteiger charge is 2.25. The number of hydrogen-bond acceptors (Lipinski definition) is 4. The lowest BCUT2D eigenvalue weighted by Crippen LogP contribution is -2.48. The van der Waals surface area contributed by atoms with E-state index in [9.17, 15) is 18.0 Å². The first-order chi connectivity index (χ1) is 12.9. The van der Waals surface area contributed by atoms with Crippen molar-refractivity contribution in [2.24, 2.45) is 0 Å². The van der Waals surface area contributed by atoms with Gasteiger partial charge in [0.25, 0.3) is 0 Å². The van der Waals surface area contributed by atoms with Crippen LogP contribution in [0.2, 0.25) is 0 Å². The summed E-state index contributed by atoms with van der Waals surface area (Å²) < 4.78 is 26.6. The van der Waals surface area contributed by atoms with E-state index in [2.05, 4.69) is 5.32 Å². The fraction of sp³-hybridized carbons (Fsp3) is 0.400. The average Bonchev–Trinajstić information content (AvgIpc) is 2.59. The van der Waals surface area contributed by atoms with E-state index in [0.717, 1.165) is 15.1 Å². The van der Waals surface area contributed by atoms with Crippen LogP contribution in [0.4, 0.5) is 0 Å². The van der Waals surface area contributed by atoms with Crippen molar-refractivity contribution >= 4 is 32.6 Å². The van der Waals surface area contributed by atoms with Crippen molar-refractivity contribution in [1.82, 2.24) is 14.5 Å². The van der Waals surface area contributed by atoms with Crippen LogP contribution in [0.3, 0.4) is 0 Å². The molecule has 0 bridgehead atoms. The van der Waals surface area contributed by atoms with Gasteiger partial charge in [-0.15, -0.1) is 0 Å². The van der Waals surface area contributed by atoms with Gasteiger partial charge in [0.15, 0.2) is 0 Å². The van der Waals surface area contributed by atoms with E-state index < -0.39 is 21.5 Å². The van der Waals surface area contributed by atoms with Crippen LogP contribution in [0.5, 0.6) is 0 Å². The van der Waals surface area contributed by atoms with Crippen LogP contribution >= 0.6 is 0 Å². The minimum Gasteiger partial charge on any atom is -0.350 e. The predicted octanol–water partition coefficient (Wildman–Crippen LogP) is 1.83. The molecule has 0 heterocycles. The number of rotatable bonds is 6. The monoisotopic (exact) mass is 405 g/mol. The highest BCUT2D eigenvalue weighted by molar-refractivity contribution is 7.89. The molecule has 2 amide bonds. The Morgan fingerprint density at radius 2 is 1.57 bits per heavy atom. The van der Waals surface area contributed by atoms with Crippen molar-refractivity contribution in [3.05, 3.63) is 42.5 Å². The van der Waals surface area contributed by atoms with E-state index in [4.69, 9.17) is 0 Å². The fourth-order valence-corrected chi connectivity index (χ4v) is 3.82. The normalized spacial score (nSPS) is 12.2. The summed E-state index contributed by atoms with van der Waals surface area (Å²) in [7, 11) is -1.01. The molecule has 0 aliphatic rings. The molecule has 1 N–H and O–H groups in total. The molecule has 7 nitrogen and oxygen atoms in total. The third kappa shape index (κ3) is 5.53. The van der Waals surface area contributed by atoms with Gasteiger partial charge in [0.2, 0.25) is 21.8 Å².